The highest BCUT2D eigenvalue weighted by Gasteiger charge is 2.18. The van der Waals surface area contributed by atoms with Gasteiger partial charge in [0, 0.05) is 18.5 Å². The fraction of sp³-hybridized carbons (Fsp3) is 0.231. The SMILES string of the molecule is C[C@@H](Cn1cccn1)OC(=O)c1ccc(N)c([N+](=O)[O-])c1. The number of hydrogen-bond acceptors (Lipinski definition) is 6. The predicted molar refractivity (Wildman–Crippen MR) is 74.6 cm³/mol. The highest BCUT2D eigenvalue weighted by Crippen LogP contribution is 2.22. The molecule has 2 rings (SSSR count). The number of carbonyl (C=O) groups is 1. The lowest BCUT2D eigenvalue weighted by atomic mass is 10.2. The minimum absolute atomic E-state index is 0.00106. The minimum Gasteiger partial charge on any atom is -0.457 e. The molecule has 1 aromatic heterocycles. The summed E-state index contributed by atoms with van der Waals surface area (Å²) in [6, 6.07) is 5.58. The average molecular weight is 290 g/mol. The fourth-order valence-corrected chi connectivity index (χ4v) is 1.79. The smallest absolute Gasteiger partial charge is 0.338 e. The Kier molecular flexibility index (Phi) is 4.17. The summed E-state index contributed by atoms with van der Waals surface area (Å²) in [5.74, 6) is -0.641. The fourth-order valence-electron chi connectivity index (χ4n) is 1.79. The van der Waals surface area contributed by atoms with E-state index in [-0.39, 0.29) is 16.9 Å². The second kappa shape index (κ2) is 6.04. The molecular formula is C13H14N4O4. The average Bonchev–Trinajstić information content (AvgIpc) is 2.91. The molecule has 0 fully saturated rings. The van der Waals surface area contributed by atoms with Gasteiger partial charge in [0.2, 0.25) is 0 Å². The van der Waals surface area contributed by atoms with E-state index in [4.69, 9.17) is 10.5 Å². The second-order valence-electron chi connectivity index (χ2n) is 4.47. The van der Waals surface area contributed by atoms with E-state index >= 15 is 0 Å². The van der Waals surface area contributed by atoms with Crippen LogP contribution in [-0.2, 0) is 11.3 Å². The van der Waals surface area contributed by atoms with Crippen molar-refractivity contribution >= 4 is 17.3 Å². The van der Waals surface area contributed by atoms with Gasteiger partial charge in [-0.25, -0.2) is 4.79 Å². The minimum atomic E-state index is -0.641. The van der Waals surface area contributed by atoms with Crippen LogP contribution in [0.3, 0.4) is 0 Å². The molecule has 0 radical (unpaired) electrons. The first-order chi connectivity index (χ1) is 9.97. The second-order valence-corrected chi connectivity index (χ2v) is 4.47. The standard InChI is InChI=1S/C13H14N4O4/c1-9(8-16-6-2-5-15-16)21-13(18)10-3-4-11(14)12(7-10)17(19)20/h2-7,9H,8,14H2,1H3/t9-/m0/s1. The van der Waals surface area contributed by atoms with Crippen molar-refractivity contribution in [3.05, 3.63) is 52.3 Å². The molecule has 8 heteroatoms. The van der Waals surface area contributed by atoms with Gasteiger partial charge in [-0.3, -0.25) is 14.8 Å². The van der Waals surface area contributed by atoms with Gasteiger partial charge >= 0.3 is 5.97 Å². The Morgan fingerprint density at radius 1 is 1.57 bits per heavy atom. The highest BCUT2D eigenvalue weighted by molar-refractivity contribution is 5.91. The zero-order valence-electron chi connectivity index (χ0n) is 11.3. The lowest BCUT2D eigenvalue weighted by Gasteiger charge is -2.13. The van der Waals surface area contributed by atoms with Crippen LogP contribution >= 0.6 is 0 Å². The van der Waals surface area contributed by atoms with Gasteiger partial charge < -0.3 is 10.5 Å². The molecule has 1 aromatic carbocycles. The molecule has 0 amide bonds. The van der Waals surface area contributed by atoms with Crippen molar-refractivity contribution in [2.24, 2.45) is 0 Å². The van der Waals surface area contributed by atoms with Crippen molar-refractivity contribution in [1.82, 2.24) is 9.78 Å². The first-order valence-corrected chi connectivity index (χ1v) is 6.19. The molecule has 110 valence electrons. The molecule has 0 aliphatic rings. The number of anilines is 1. The van der Waals surface area contributed by atoms with Crippen LogP contribution in [0.5, 0.6) is 0 Å². The molecule has 0 unspecified atom stereocenters. The van der Waals surface area contributed by atoms with Crippen LogP contribution in [-0.4, -0.2) is 26.8 Å². The van der Waals surface area contributed by atoms with Crippen LogP contribution < -0.4 is 5.73 Å². The summed E-state index contributed by atoms with van der Waals surface area (Å²) in [7, 11) is 0. The molecule has 0 saturated heterocycles. The van der Waals surface area contributed by atoms with Crippen molar-refractivity contribution in [1.29, 1.82) is 0 Å². The van der Waals surface area contributed by atoms with E-state index in [1.165, 1.54) is 12.1 Å². The third kappa shape index (κ3) is 3.56. The van der Waals surface area contributed by atoms with Crippen LogP contribution in [0.15, 0.2) is 36.7 Å². The van der Waals surface area contributed by atoms with E-state index in [0.717, 1.165) is 6.07 Å². The van der Waals surface area contributed by atoms with Gasteiger partial charge in [-0.1, -0.05) is 0 Å². The largest absolute Gasteiger partial charge is 0.457 e. The van der Waals surface area contributed by atoms with Gasteiger partial charge in [0.05, 0.1) is 17.0 Å². The molecule has 2 N–H and O–H groups in total. The van der Waals surface area contributed by atoms with Crippen LogP contribution in [0.25, 0.3) is 0 Å². The molecule has 21 heavy (non-hydrogen) atoms. The van der Waals surface area contributed by atoms with Crippen molar-refractivity contribution < 1.29 is 14.5 Å². The molecule has 8 nitrogen and oxygen atoms in total. The number of aromatic nitrogens is 2. The van der Waals surface area contributed by atoms with E-state index in [1.807, 2.05) is 0 Å². The maximum absolute atomic E-state index is 12.0. The summed E-state index contributed by atoms with van der Waals surface area (Å²) >= 11 is 0. The normalized spacial score (nSPS) is 11.9. The molecular weight excluding hydrogens is 276 g/mol. The number of ether oxygens (including phenoxy) is 1. The monoisotopic (exact) mass is 290 g/mol. The number of nitrogen functional groups attached to an aromatic ring is 1. The Bertz CT molecular complexity index is 654. The summed E-state index contributed by atoms with van der Waals surface area (Å²) in [6.45, 7) is 2.11. The first-order valence-electron chi connectivity index (χ1n) is 6.19. The molecule has 0 saturated carbocycles. The predicted octanol–water partition coefficient (Wildman–Crippen LogP) is 1.62. The van der Waals surface area contributed by atoms with Crippen molar-refractivity contribution in [2.45, 2.75) is 19.6 Å². The van der Waals surface area contributed by atoms with Crippen molar-refractivity contribution in [3.8, 4) is 0 Å². The third-order valence-corrected chi connectivity index (χ3v) is 2.77. The summed E-state index contributed by atoms with van der Waals surface area (Å²) in [5, 5.41) is 14.8. The Morgan fingerprint density at radius 2 is 2.33 bits per heavy atom. The summed E-state index contributed by atoms with van der Waals surface area (Å²) in [6.07, 6.45) is 2.95. The van der Waals surface area contributed by atoms with Crippen LogP contribution in [0, 0.1) is 10.1 Å². The van der Waals surface area contributed by atoms with Gasteiger partial charge in [0.15, 0.2) is 0 Å². The van der Waals surface area contributed by atoms with Crippen LogP contribution in [0.4, 0.5) is 11.4 Å². The van der Waals surface area contributed by atoms with E-state index in [2.05, 4.69) is 5.10 Å². The molecule has 0 aliphatic heterocycles. The lowest BCUT2D eigenvalue weighted by Crippen LogP contribution is -2.21. The molecule has 0 bridgehead atoms. The van der Waals surface area contributed by atoms with Gasteiger partial charge in [0.25, 0.3) is 5.69 Å². The zero-order chi connectivity index (χ0) is 15.4. The summed E-state index contributed by atoms with van der Waals surface area (Å²) in [5.41, 5.74) is 5.25. The number of nitrogens with two attached hydrogens (primary N) is 1. The van der Waals surface area contributed by atoms with Crippen LogP contribution in [0.2, 0.25) is 0 Å². The number of esters is 1. The number of nitrogens with zero attached hydrogens (tertiary/aromatic N) is 3. The number of hydrogen-bond donors (Lipinski definition) is 1. The lowest BCUT2D eigenvalue weighted by molar-refractivity contribution is -0.383. The maximum atomic E-state index is 12.0. The number of nitro groups is 1. The Balaban J connectivity index is 2.06. The van der Waals surface area contributed by atoms with E-state index in [1.54, 1.807) is 30.1 Å². The number of nitro benzene ring substituents is 1. The molecule has 0 aliphatic carbocycles. The number of benzene rings is 1. The highest BCUT2D eigenvalue weighted by atomic mass is 16.6. The topological polar surface area (TPSA) is 113 Å². The molecule has 0 spiro atoms. The summed E-state index contributed by atoms with van der Waals surface area (Å²) in [4.78, 5) is 22.1. The van der Waals surface area contributed by atoms with Crippen molar-refractivity contribution in [2.75, 3.05) is 5.73 Å². The third-order valence-electron chi connectivity index (χ3n) is 2.77. The van der Waals surface area contributed by atoms with E-state index < -0.39 is 17.0 Å². The maximum Gasteiger partial charge on any atom is 0.338 e. The van der Waals surface area contributed by atoms with E-state index in [0.29, 0.717) is 6.54 Å². The first kappa shape index (κ1) is 14.5. The molecule has 1 heterocycles. The Hall–Kier alpha value is -2.90. The van der Waals surface area contributed by atoms with Gasteiger partial charge in [-0.15, -0.1) is 0 Å². The molecule has 1 atom stereocenters. The van der Waals surface area contributed by atoms with Gasteiger partial charge in [-0.05, 0) is 25.1 Å². The Morgan fingerprint density at radius 3 is 2.95 bits per heavy atom. The zero-order valence-corrected chi connectivity index (χ0v) is 11.3. The molecule has 2 aromatic rings. The number of rotatable bonds is 5. The van der Waals surface area contributed by atoms with E-state index in [9.17, 15) is 14.9 Å². The van der Waals surface area contributed by atoms with Crippen LogP contribution in [0.1, 0.15) is 17.3 Å². The number of carbonyl (C=O) groups excluding carboxylic acids is 1. The van der Waals surface area contributed by atoms with Crippen molar-refractivity contribution in [3.63, 3.8) is 0 Å². The van der Waals surface area contributed by atoms with Gasteiger partial charge in [0.1, 0.15) is 11.8 Å². The summed E-state index contributed by atoms with van der Waals surface area (Å²) < 4.78 is 6.85. The Labute approximate surface area is 120 Å². The van der Waals surface area contributed by atoms with Gasteiger partial charge in [-0.2, -0.15) is 5.10 Å². The quantitative estimate of drug-likeness (QED) is 0.387.